The predicted octanol–water partition coefficient (Wildman–Crippen LogP) is 3.03. The lowest BCUT2D eigenvalue weighted by Gasteiger charge is -2.16. The van der Waals surface area contributed by atoms with Crippen LogP contribution in [0.25, 0.3) is 0 Å². The summed E-state index contributed by atoms with van der Waals surface area (Å²) in [5, 5.41) is 7.23. The molecule has 0 aliphatic rings. The van der Waals surface area contributed by atoms with Crippen LogP contribution in [0, 0.1) is 0 Å². The third-order valence-electron chi connectivity index (χ3n) is 3.10. The number of alkyl halides is 2. The molecule has 0 saturated heterocycles. The Balaban J connectivity index is 2.60. The third-order valence-corrected chi connectivity index (χ3v) is 3.10. The Morgan fingerprint density at radius 1 is 1.39 bits per heavy atom. The molecule has 2 atom stereocenters. The third kappa shape index (κ3) is 4.37. The average Bonchev–Trinajstić information content (AvgIpc) is 2.81. The van der Waals surface area contributed by atoms with E-state index in [-0.39, 0.29) is 6.42 Å². The second kappa shape index (κ2) is 7.46. The SMILES string of the molecule is CCCNC(Cc1ccn(C(C)CC)n1)C(F)F. The summed E-state index contributed by atoms with van der Waals surface area (Å²) < 4.78 is 27.5. The van der Waals surface area contributed by atoms with E-state index in [2.05, 4.69) is 24.3 Å². The van der Waals surface area contributed by atoms with Crippen molar-refractivity contribution >= 4 is 0 Å². The van der Waals surface area contributed by atoms with Crippen LogP contribution in [0.15, 0.2) is 12.3 Å². The fourth-order valence-electron chi connectivity index (χ4n) is 1.72. The minimum Gasteiger partial charge on any atom is -0.309 e. The van der Waals surface area contributed by atoms with Gasteiger partial charge in [0.05, 0.1) is 11.7 Å². The van der Waals surface area contributed by atoms with E-state index in [9.17, 15) is 8.78 Å². The molecule has 0 saturated carbocycles. The molecule has 1 heterocycles. The maximum absolute atomic E-state index is 12.8. The number of nitrogens with one attached hydrogen (secondary N) is 1. The fourth-order valence-corrected chi connectivity index (χ4v) is 1.72. The van der Waals surface area contributed by atoms with E-state index >= 15 is 0 Å². The summed E-state index contributed by atoms with van der Waals surface area (Å²) in [6, 6.07) is 1.34. The van der Waals surface area contributed by atoms with E-state index in [4.69, 9.17) is 0 Å². The van der Waals surface area contributed by atoms with Gasteiger partial charge in [0.15, 0.2) is 0 Å². The van der Waals surface area contributed by atoms with Crippen molar-refractivity contribution < 1.29 is 8.78 Å². The fraction of sp³-hybridized carbons (Fsp3) is 0.769. The van der Waals surface area contributed by atoms with Gasteiger partial charge < -0.3 is 5.32 Å². The minimum absolute atomic E-state index is 0.279. The highest BCUT2D eigenvalue weighted by atomic mass is 19.3. The number of aromatic nitrogens is 2. The highest BCUT2D eigenvalue weighted by Crippen LogP contribution is 2.12. The first-order valence-electron chi connectivity index (χ1n) is 6.64. The van der Waals surface area contributed by atoms with Gasteiger partial charge in [0, 0.05) is 18.7 Å². The quantitative estimate of drug-likeness (QED) is 0.777. The van der Waals surface area contributed by atoms with Crippen LogP contribution in [0.2, 0.25) is 0 Å². The standard InChI is InChI=1S/C13H23F2N3/c1-4-7-16-12(13(14)15)9-11-6-8-18(17-11)10(3)5-2/h6,8,10,12-13,16H,4-5,7,9H2,1-3H3. The van der Waals surface area contributed by atoms with Crippen LogP contribution in [0.1, 0.15) is 45.3 Å². The van der Waals surface area contributed by atoms with Crippen molar-refractivity contribution in [3.05, 3.63) is 18.0 Å². The minimum atomic E-state index is -2.36. The van der Waals surface area contributed by atoms with Crippen LogP contribution in [-0.2, 0) is 6.42 Å². The molecule has 0 amide bonds. The number of hydrogen-bond donors (Lipinski definition) is 1. The van der Waals surface area contributed by atoms with Crippen molar-refractivity contribution in [2.45, 2.75) is 58.5 Å². The molecule has 2 unspecified atom stereocenters. The van der Waals surface area contributed by atoms with Gasteiger partial charge in [-0.25, -0.2) is 8.78 Å². The lowest BCUT2D eigenvalue weighted by Crippen LogP contribution is -2.38. The summed E-state index contributed by atoms with van der Waals surface area (Å²) >= 11 is 0. The van der Waals surface area contributed by atoms with E-state index in [1.165, 1.54) is 0 Å². The largest absolute Gasteiger partial charge is 0.309 e. The Kier molecular flexibility index (Phi) is 6.25. The Hall–Kier alpha value is -0.970. The molecule has 104 valence electrons. The van der Waals surface area contributed by atoms with Crippen molar-refractivity contribution in [3.63, 3.8) is 0 Å². The Morgan fingerprint density at radius 3 is 2.67 bits per heavy atom. The summed E-state index contributed by atoms with van der Waals surface area (Å²) in [4.78, 5) is 0. The molecule has 0 aliphatic carbocycles. The van der Waals surface area contributed by atoms with Crippen LogP contribution < -0.4 is 5.32 Å². The van der Waals surface area contributed by atoms with Crippen LogP contribution in [0.3, 0.4) is 0 Å². The molecule has 0 spiro atoms. The molecule has 0 aliphatic heterocycles. The van der Waals surface area contributed by atoms with Gasteiger partial charge >= 0.3 is 0 Å². The molecule has 0 bridgehead atoms. The number of nitrogens with zero attached hydrogens (tertiary/aromatic N) is 2. The van der Waals surface area contributed by atoms with Gasteiger partial charge in [0.2, 0.25) is 0 Å². The molecule has 0 radical (unpaired) electrons. The van der Waals surface area contributed by atoms with E-state index < -0.39 is 12.5 Å². The van der Waals surface area contributed by atoms with E-state index in [1.54, 1.807) is 0 Å². The molecule has 18 heavy (non-hydrogen) atoms. The van der Waals surface area contributed by atoms with Crippen LogP contribution >= 0.6 is 0 Å². The molecular formula is C13H23F2N3. The molecule has 5 heteroatoms. The Morgan fingerprint density at radius 2 is 2.11 bits per heavy atom. The molecular weight excluding hydrogens is 236 g/mol. The van der Waals surface area contributed by atoms with Crippen molar-refractivity contribution in [3.8, 4) is 0 Å². The zero-order valence-electron chi connectivity index (χ0n) is 11.4. The van der Waals surface area contributed by atoms with Crippen LogP contribution in [0.5, 0.6) is 0 Å². The first kappa shape index (κ1) is 15.1. The van der Waals surface area contributed by atoms with Gasteiger partial charge in [0.25, 0.3) is 6.43 Å². The van der Waals surface area contributed by atoms with Gasteiger partial charge in [-0.1, -0.05) is 13.8 Å². The van der Waals surface area contributed by atoms with E-state index in [1.807, 2.05) is 23.9 Å². The zero-order chi connectivity index (χ0) is 13.5. The summed E-state index contributed by atoms with van der Waals surface area (Å²) in [5.41, 5.74) is 0.726. The zero-order valence-corrected chi connectivity index (χ0v) is 11.4. The van der Waals surface area contributed by atoms with E-state index in [0.717, 1.165) is 18.5 Å². The smallest absolute Gasteiger partial charge is 0.254 e. The maximum Gasteiger partial charge on any atom is 0.254 e. The highest BCUT2D eigenvalue weighted by molar-refractivity contribution is 5.02. The van der Waals surface area contributed by atoms with Crippen molar-refractivity contribution in [2.75, 3.05) is 6.54 Å². The molecule has 1 aromatic rings. The molecule has 1 rings (SSSR count). The highest BCUT2D eigenvalue weighted by Gasteiger charge is 2.21. The monoisotopic (exact) mass is 259 g/mol. The predicted molar refractivity (Wildman–Crippen MR) is 69.0 cm³/mol. The first-order valence-corrected chi connectivity index (χ1v) is 6.64. The Bertz CT molecular complexity index is 339. The summed E-state index contributed by atoms with van der Waals surface area (Å²) in [6.45, 7) is 6.72. The molecule has 1 N–H and O–H groups in total. The molecule has 3 nitrogen and oxygen atoms in total. The normalized spacial score (nSPS) is 15.0. The van der Waals surface area contributed by atoms with Crippen LogP contribution in [0.4, 0.5) is 8.78 Å². The van der Waals surface area contributed by atoms with Crippen molar-refractivity contribution in [2.24, 2.45) is 0 Å². The lowest BCUT2D eigenvalue weighted by atomic mass is 10.1. The number of rotatable bonds is 8. The topological polar surface area (TPSA) is 29.9 Å². The number of hydrogen-bond acceptors (Lipinski definition) is 2. The molecule has 1 aromatic heterocycles. The van der Waals surface area contributed by atoms with Gasteiger partial charge in [-0.3, -0.25) is 4.68 Å². The maximum atomic E-state index is 12.8. The summed E-state index contributed by atoms with van der Waals surface area (Å²) in [7, 11) is 0. The van der Waals surface area contributed by atoms with Gasteiger partial charge in [-0.2, -0.15) is 5.10 Å². The van der Waals surface area contributed by atoms with Gasteiger partial charge in [-0.05, 0) is 32.4 Å². The first-order chi connectivity index (χ1) is 8.58. The molecule has 0 aromatic carbocycles. The van der Waals surface area contributed by atoms with Crippen LogP contribution in [-0.4, -0.2) is 28.8 Å². The van der Waals surface area contributed by atoms with E-state index in [0.29, 0.717) is 12.6 Å². The summed E-state index contributed by atoms with van der Waals surface area (Å²) in [6.07, 6.45) is 1.62. The Labute approximate surface area is 108 Å². The second-order valence-electron chi connectivity index (χ2n) is 4.64. The van der Waals surface area contributed by atoms with Gasteiger partial charge in [0.1, 0.15) is 0 Å². The lowest BCUT2D eigenvalue weighted by molar-refractivity contribution is 0.0977. The van der Waals surface area contributed by atoms with Crippen molar-refractivity contribution in [1.29, 1.82) is 0 Å². The second-order valence-corrected chi connectivity index (χ2v) is 4.64. The van der Waals surface area contributed by atoms with Crippen molar-refractivity contribution in [1.82, 2.24) is 15.1 Å². The molecule has 0 fully saturated rings. The van der Waals surface area contributed by atoms with Gasteiger partial charge in [-0.15, -0.1) is 0 Å². The number of halogens is 2. The summed E-state index contributed by atoms with van der Waals surface area (Å²) in [5.74, 6) is 0. The average molecular weight is 259 g/mol.